The van der Waals surface area contributed by atoms with Crippen LogP contribution in [-0.2, 0) is 16.8 Å². The van der Waals surface area contributed by atoms with Crippen LogP contribution in [0.3, 0.4) is 0 Å². The van der Waals surface area contributed by atoms with Gasteiger partial charge in [-0.05, 0) is 49.8 Å². The number of likely N-dealkylation sites (tertiary alicyclic amines) is 1. The molecule has 1 aliphatic heterocycles. The summed E-state index contributed by atoms with van der Waals surface area (Å²) in [7, 11) is 0. The molecule has 1 saturated heterocycles. The standard InChI is InChI=1S/C19H23FN4O2/c20-15-6-4-13(5-7-15)11-16(25)24-10-1-3-14(12-24)17-22-18(23-26-17)19(21)8-2-9-19/h4-7,14H,1-3,8-12,21H2. The molecule has 6 nitrogen and oxygen atoms in total. The summed E-state index contributed by atoms with van der Waals surface area (Å²) in [6, 6.07) is 6.06. The molecule has 7 heteroatoms. The maximum absolute atomic E-state index is 13.0. The van der Waals surface area contributed by atoms with Crippen molar-refractivity contribution in [3.8, 4) is 0 Å². The maximum Gasteiger partial charge on any atom is 0.231 e. The van der Waals surface area contributed by atoms with Crippen LogP contribution < -0.4 is 5.73 Å². The van der Waals surface area contributed by atoms with E-state index in [2.05, 4.69) is 10.1 Å². The third-order valence-electron chi connectivity index (χ3n) is 5.52. The Morgan fingerprint density at radius 3 is 2.77 bits per heavy atom. The minimum Gasteiger partial charge on any atom is -0.342 e. The van der Waals surface area contributed by atoms with Gasteiger partial charge in [0.15, 0.2) is 5.82 Å². The van der Waals surface area contributed by atoms with Crippen molar-refractivity contribution in [3.05, 3.63) is 47.4 Å². The second-order valence-electron chi connectivity index (χ2n) is 7.45. The van der Waals surface area contributed by atoms with E-state index in [9.17, 15) is 9.18 Å². The zero-order valence-corrected chi connectivity index (χ0v) is 14.7. The van der Waals surface area contributed by atoms with Gasteiger partial charge in [-0.15, -0.1) is 0 Å². The van der Waals surface area contributed by atoms with Crippen molar-refractivity contribution in [1.82, 2.24) is 15.0 Å². The molecule has 1 amide bonds. The predicted octanol–water partition coefficient (Wildman–Crippen LogP) is 2.50. The van der Waals surface area contributed by atoms with Gasteiger partial charge in [0, 0.05) is 13.1 Å². The third kappa shape index (κ3) is 3.35. The highest BCUT2D eigenvalue weighted by Crippen LogP contribution is 2.38. The summed E-state index contributed by atoms with van der Waals surface area (Å²) in [5, 5.41) is 4.08. The second kappa shape index (κ2) is 6.79. The van der Waals surface area contributed by atoms with Crippen molar-refractivity contribution in [1.29, 1.82) is 0 Å². The average Bonchev–Trinajstić information content (AvgIpc) is 3.12. The van der Waals surface area contributed by atoms with Crippen LogP contribution in [0.15, 0.2) is 28.8 Å². The van der Waals surface area contributed by atoms with E-state index in [4.69, 9.17) is 10.3 Å². The summed E-state index contributed by atoms with van der Waals surface area (Å²) in [6.45, 7) is 1.29. The number of piperidine rings is 1. The monoisotopic (exact) mass is 358 g/mol. The Morgan fingerprint density at radius 1 is 1.31 bits per heavy atom. The van der Waals surface area contributed by atoms with Crippen molar-refractivity contribution < 1.29 is 13.7 Å². The lowest BCUT2D eigenvalue weighted by Gasteiger charge is -2.34. The van der Waals surface area contributed by atoms with Gasteiger partial charge < -0.3 is 15.2 Å². The van der Waals surface area contributed by atoms with Gasteiger partial charge in [-0.2, -0.15) is 4.98 Å². The number of carbonyl (C=O) groups is 1. The molecule has 0 radical (unpaired) electrons. The summed E-state index contributed by atoms with van der Waals surface area (Å²) >= 11 is 0. The normalized spacial score (nSPS) is 22.1. The zero-order chi connectivity index (χ0) is 18.1. The Bertz CT molecular complexity index is 785. The smallest absolute Gasteiger partial charge is 0.231 e. The molecule has 1 saturated carbocycles. The summed E-state index contributed by atoms with van der Waals surface area (Å²) in [5.41, 5.74) is 6.64. The lowest BCUT2D eigenvalue weighted by molar-refractivity contribution is -0.131. The van der Waals surface area contributed by atoms with Crippen LogP contribution in [0.2, 0.25) is 0 Å². The molecule has 4 rings (SSSR count). The summed E-state index contributed by atoms with van der Waals surface area (Å²) < 4.78 is 18.5. The molecular formula is C19H23FN4O2. The molecule has 2 heterocycles. The maximum atomic E-state index is 13.0. The minimum absolute atomic E-state index is 0.0373. The highest BCUT2D eigenvalue weighted by Gasteiger charge is 2.40. The van der Waals surface area contributed by atoms with Gasteiger partial charge in [-0.25, -0.2) is 4.39 Å². The highest BCUT2D eigenvalue weighted by atomic mass is 19.1. The number of rotatable bonds is 4. The van der Waals surface area contributed by atoms with E-state index in [-0.39, 0.29) is 24.1 Å². The van der Waals surface area contributed by atoms with Crippen molar-refractivity contribution in [3.63, 3.8) is 0 Å². The topological polar surface area (TPSA) is 85.2 Å². The highest BCUT2D eigenvalue weighted by molar-refractivity contribution is 5.78. The Hall–Kier alpha value is -2.28. The lowest BCUT2D eigenvalue weighted by atomic mass is 9.77. The van der Waals surface area contributed by atoms with E-state index in [0.717, 1.165) is 44.2 Å². The molecule has 26 heavy (non-hydrogen) atoms. The first-order valence-corrected chi connectivity index (χ1v) is 9.19. The van der Waals surface area contributed by atoms with E-state index in [1.165, 1.54) is 12.1 Å². The van der Waals surface area contributed by atoms with Crippen LogP contribution in [0.4, 0.5) is 4.39 Å². The molecule has 0 spiro atoms. The molecule has 1 aliphatic carbocycles. The van der Waals surface area contributed by atoms with Crippen LogP contribution in [0.25, 0.3) is 0 Å². The van der Waals surface area contributed by atoms with E-state index in [1.807, 2.05) is 4.90 Å². The number of nitrogens with two attached hydrogens (primary N) is 1. The number of nitrogens with zero attached hydrogens (tertiary/aromatic N) is 3. The first kappa shape index (κ1) is 17.1. The number of halogens is 1. The van der Waals surface area contributed by atoms with Gasteiger partial charge in [0.1, 0.15) is 5.82 Å². The van der Waals surface area contributed by atoms with Crippen molar-refractivity contribution >= 4 is 5.91 Å². The SMILES string of the molecule is NC1(c2noc(C3CCCN(C(=O)Cc4ccc(F)cc4)C3)n2)CCC1. The molecule has 2 aromatic rings. The fraction of sp³-hybridized carbons (Fsp3) is 0.526. The Kier molecular flexibility index (Phi) is 4.48. The molecule has 1 unspecified atom stereocenters. The Morgan fingerprint density at radius 2 is 2.08 bits per heavy atom. The summed E-state index contributed by atoms with van der Waals surface area (Å²) in [5.74, 6) is 0.960. The number of carbonyl (C=O) groups excluding carboxylic acids is 1. The molecular weight excluding hydrogens is 335 g/mol. The van der Waals surface area contributed by atoms with Gasteiger partial charge in [0.25, 0.3) is 0 Å². The molecule has 1 aromatic carbocycles. The summed E-state index contributed by atoms with van der Waals surface area (Å²) in [6.07, 6.45) is 4.95. The first-order valence-electron chi connectivity index (χ1n) is 9.19. The van der Waals surface area contributed by atoms with Gasteiger partial charge >= 0.3 is 0 Å². The zero-order valence-electron chi connectivity index (χ0n) is 14.7. The fourth-order valence-corrected chi connectivity index (χ4v) is 3.68. The summed E-state index contributed by atoms with van der Waals surface area (Å²) in [4.78, 5) is 19.0. The molecule has 1 atom stereocenters. The minimum atomic E-state index is -0.436. The van der Waals surface area contributed by atoms with Crippen molar-refractivity contribution in [2.45, 2.75) is 50.0 Å². The van der Waals surface area contributed by atoms with Gasteiger partial charge in [0.2, 0.25) is 11.8 Å². The molecule has 0 bridgehead atoms. The van der Waals surface area contributed by atoms with Gasteiger partial charge in [0.05, 0.1) is 17.9 Å². The molecule has 2 N–H and O–H groups in total. The second-order valence-corrected chi connectivity index (χ2v) is 7.45. The quantitative estimate of drug-likeness (QED) is 0.908. The first-order chi connectivity index (χ1) is 12.5. The van der Waals surface area contributed by atoms with Crippen LogP contribution in [-0.4, -0.2) is 34.0 Å². The number of amides is 1. The van der Waals surface area contributed by atoms with Crippen LogP contribution in [0.1, 0.15) is 55.3 Å². The van der Waals surface area contributed by atoms with Crippen LogP contribution in [0, 0.1) is 5.82 Å². The van der Waals surface area contributed by atoms with Crippen LogP contribution >= 0.6 is 0 Å². The van der Waals surface area contributed by atoms with E-state index < -0.39 is 5.54 Å². The van der Waals surface area contributed by atoms with Gasteiger partial charge in [-0.1, -0.05) is 17.3 Å². The third-order valence-corrected chi connectivity index (χ3v) is 5.52. The Balaban J connectivity index is 1.40. The van der Waals surface area contributed by atoms with E-state index in [0.29, 0.717) is 18.3 Å². The fourth-order valence-electron chi connectivity index (χ4n) is 3.68. The lowest BCUT2D eigenvalue weighted by Crippen LogP contribution is -2.44. The average molecular weight is 358 g/mol. The van der Waals surface area contributed by atoms with Gasteiger partial charge in [-0.3, -0.25) is 4.79 Å². The Labute approximate surface area is 151 Å². The van der Waals surface area contributed by atoms with Crippen molar-refractivity contribution in [2.75, 3.05) is 13.1 Å². The predicted molar refractivity (Wildman–Crippen MR) is 92.7 cm³/mol. The van der Waals surface area contributed by atoms with Crippen molar-refractivity contribution in [2.24, 2.45) is 5.73 Å². The van der Waals surface area contributed by atoms with E-state index >= 15 is 0 Å². The number of benzene rings is 1. The molecule has 1 aromatic heterocycles. The molecule has 2 aliphatic rings. The largest absolute Gasteiger partial charge is 0.342 e. The number of hydrogen-bond acceptors (Lipinski definition) is 5. The van der Waals surface area contributed by atoms with Crippen LogP contribution in [0.5, 0.6) is 0 Å². The molecule has 2 fully saturated rings. The van der Waals surface area contributed by atoms with E-state index in [1.54, 1.807) is 12.1 Å². The number of aromatic nitrogens is 2. The number of hydrogen-bond donors (Lipinski definition) is 1. The molecule has 138 valence electrons.